The van der Waals surface area contributed by atoms with Crippen LogP contribution in [0.5, 0.6) is 0 Å². The zero-order valence-electron chi connectivity index (χ0n) is 12.3. The van der Waals surface area contributed by atoms with Crippen molar-refractivity contribution in [3.05, 3.63) is 29.7 Å². The van der Waals surface area contributed by atoms with Crippen molar-refractivity contribution in [3.63, 3.8) is 0 Å². The second-order valence-corrected chi connectivity index (χ2v) is 5.30. The SMILES string of the molecule is COC(=O)c1cccn2c(CN3CCN(C)CC3)nnc12. The highest BCUT2D eigenvalue weighted by atomic mass is 16.5. The van der Waals surface area contributed by atoms with E-state index < -0.39 is 0 Å². The minimum Gasteiger partial charge on any atom is -0.465 e. The molecule has 112 valence electrons. The molecule has 0 spiro atoms. The molecule has 0 saturated carbocycles. The summed E-state index contributed by atoms with van der Waals surface area (Å²) < 4.78 is 6.65. The standard InChI is InChI=1S/C14H19N5O2/c1-17-6-8-18(9-7-17)10-12-15-16-13-11(14(20)21-2)4-3-5-19(12)13/h3-5H,6-10H2,1-2H3. The maximum Gasteiger partial charge on any atom is 0.341 e. The monoisotopic (exact) mass is 289 g/mol. The predicted octanol–water partition coefficient (Wildman–Crippen LogP) is 0.263. The highest BCUT2D eigenvalue weighted by Gasteiger charge is 2.19. The summed E-state index contributed by atoms with van der Waals surface area (Å²) in [5, 5.41) is 8.38. The summed E-state index contributed by atoms with van der Waals surface area (Å²) in [6.07, 6.45) is 1.88. The Kier molecular flexibility index (Phi) is 3.85. The molecular weight excluding hydrogens is 270 g/mol. The van der Waals surface area contributed by atoms with Crippen molar-refractivity contribution < 1.29 is 9.53 Å². The van der Waals surface area contributed by atoms with Gasteiger partial charge in [-0.15, -0.1) is 10.2 Å². The molecule has 7 nitrogen and oxygen atoms in total. The molecule has 0 bridgehead atoms. The molecule has 1 aliphatic heterocycles. The molecule has 3 rings (SSSR count). The zero-order valence-corrected chi connectivity index (χ0v) is 12.3. The van der Waals surface area contributed by atoms with Gasteiger partial charge in [0.2, 0.25) is 0 Å². The molecule has 1 fully saturated rings. The Labute approximate surface area is 123 Å². The molecular formula is C14H19N5O2. The molecule has 0 N–H and O–H groups in total. The predicted molar refractivity (Wildman–Crippen MR) is 77.1 cm³/mol. The quantitative estimate of drug-likeness (QED) is 0.756. The van der Waals surface area contributed by atoms with Crippen LogP contribution in [-0.4, -0.2) is 70.7 Å². The van der Waals surface area contributed by atoms with Gasteiger partial charge in [-0.05, 0) is 19.2 Å². The van der Waals surface area contributed by atoms with Crippen LogP contribution in [-0.2, 0) is 11.3 Å². The summed E-state index contributed by atoms with van der Waals surface area (Å²) in [7, 11) is 3.50. The van der Waals surface area contributed by atoms with E-state index >= 15 is 0 Å². The van der Waals surface area contributed by atoms with Crippen molar-refractivity contribution in [2.45, 2.75) is 6.54 Å². The van der Waals surface area contributed by atoms with Gasteiger partial charge in [0.15, 0.2) is 11.5 Å². The van der Waals surface area contributed by atoms with Gasteiger partial charge in [0.1, 0.15) is 5.56 Å². The molecule has 2 aromatic rings. The molecule has 0 radical (unpaired) electrons. The topological polar surface area (TPSA) is 63.0 Å². The van der Waals surface area contributed by atoms with Crippen LogP contribution in [0.25, 0.3) is 5.65 Å². The number of pyridine rings is 1. The molecule has 1 aliphatic rings. The fourth-order valence-electron chi connectivity index (χ4n) is 2.55. The third-order valence-electron chi connectivity index (χ3n) is 3.87. The van der Waals surface area contributed by atoms with Crippen LogP contribution in [0.1, 0.15) is 16.2 Å². The Hall–Kier alpha value is -1.99. The van der Waals surface area contributed by atoms with E-state index in [-0.39, 0.29) is 5.97 Å². The van der Waals surface area contributed by atoms with Gasteiger partial charge < -0.3 is 9.64 Å². The average Bonchev–Trinajstić information content (AvgIpc) is 2.92. The number of aromatic nitrogens is 3. The molecule has 0 aromatic carbocycles. The van der Waals surface area contributed by atoms with Crippen molar-refractivity contribution in [2.75, 3.05) is 40.3 Å². The van der Waals surface area contributed by atoms with Crippen LogP contribution >= 0.6 is 0 Å². The smallest absolute Gasteiger partial charge is 0.341 e. The average molecular weight is 289 g/mol. The van der Waals surface area contributed by atoms with Crippen molar-refractivity contribution >= 4 is 11.6 Å². The Bertz CT molecular complexity index is 646. The maximum atomic E-state index is 11.7. The van der Waals surface area contributed by atoms with Crippen LogP contribution in [0.4, 0.5) is 0 Å². The van der Waals surface area contributed by atoms with Crippen LogP contribution < -0.4 is 0 Å². The van der Waals surface area contributed by atoms with E-state index in [9.17, 15) is 4.79 Å². The fraction of sp³-hybridized carbons (Fsp3) is 0.500. The van der Waals surface area contributed by atoms with Crippen LogP contribution in [0, 0.1) is 0 Å². The third-order valence-corrected chi connectivity index (χ3v) is 3.87. The lowest BCUT2D eigenvalue weighted by atomic mass is 10.2. The number of methoxy groups -OCH3 is 1. The number of carbonyl (C=O) groups excluding carboxylic acids is 1. The summed E-state index contributed by atoms with van der Waals surface area (Å²) in [4.78, 5) is 16.4. The molecule has 21 heavy (non-hydrogen) atoms. The Morgan fingerprint density at radius 2 is 2.05 bits per heavy atom. The van der Waals surface area contributed by atoms with E-state index in [1.807, 2.05) is 16.7 Å². The lowest BCUT2D eigenvalue weighted by Crippen LogP contribution is -2.44. The van der Waals surface area contributed by atoms with Crippen molar-refractivity contribution in [1.82, 2.24) is 24.4 Å². The Balaban J connectivity index is 1.85. The van der Waals surface area contributed by atoms with Crippen molar-refractivity contribution in [2.24, 2.45) is 0 Å². The Morgan fingerprint density at radius 1 is 1.29 bits per heavy atom. The molecule has 0 aliphatic carbocycles. The van der Waals surface area contributed by atoms with Gasteiger partial charge in [-0.2, -0.15) is 0 Å². The number of rotatable bonds is 3. The first-order valence-corrected chi connectivity index (χ1v) is 7.01. The lowest BCUT2D eigenvalue weighted by Gasteiger charge is -2.31. The highest BCUT2D eigenvalue weighted by molar-refractivity contribution is 5.95. The molecule has 0 amide bonds. The lowest BCUT2D eigenvalue weighted by molar-refractivity contribution is 0.0602. The third kappa shape index (κ3) is 2.74. The first-order valence-electron chi connectivity index (χ1n) is 7.01. The molecule has 0 atom stereocenters. The van der Waals surface area contributed by atoms with Gasteiger partial charge in [-0.3, -0.25) is 9.30 Å². The minimum atomic E-state index is -0.390. The second kappa shape index (κ2) is 5.79. The van der Waals surface area contributed by atoms with Gasteiger partial charge in [0.05, 0.1) is 13.7 Å². The van der Waals surface area contributed by atoms with E-state index in [0.717, 1.165) is 38.5 Å². The van der Waals surface area contributed by atoms with Gasteiger partial charge >= 0.3 is 5.97 Å². The maximum absolute atomic E-state index is 11.7. The Morgan fingerprint density at radius 3 is 2.76 bits per heavy atom. The van der Waals surface area contributed by atoms with E-state index in [2.05, 4.69) is 27.0 Å². The van der Waals surface area contributed by atoms with Gasteiger partial charge in [-0.25, -0.2) is 4.79 Å². The van der Waals surface area contributed by atoms with Gasteiger partial charge in [-0.1, -0.05) is 0 Å². The molecule has 3 heterocycles. The second-order valence-electron chi connectivity index (χ2n) is 5.30. The highest BCUT2D eigenvalue weighted by Crippen LogP contribution is 2.13. The number of piperazine rings is 1. The van der Waals surface area contributed by atoms with Crippen LogP contribution in [0.2, 0.25) is 0 Å². The minimum absolute atomic E-state index is 0.390. The number of hydrogen-bond acceptors (Lipinski definition) is 6. The first kappa shape index (κ1) is 14.0. The largest absolute Gasteiger partial charge is 0.465 e. The number of fused-ring (bicyclic) bond motifs is 1. The van der Waals surface area contributed by atoms with Crippen LogP contribution in [0.3, 0.4) is 0 Å². The molecule has 0 unspecified atom stereocenters. The van der Waals surface area contributed by atoms with E-state index in [1.54, 1.807) is 6.07 Å². The van der Waals surface area contributed by atoms with E-state index in [1.165, 1.54) is 7.11 Å². The van der Waals surface area contributed by atoms with Gasteiger partial charge in [0.25, 0.3) is 0 Å². The summed E-state index contributed by atoms with van der Waals surface area (Å²) in [6, 6.07) is 3.52. The number of nitrogens with zero attached hydrogens (tertiary/aromatic N) is 5. The number of ether oxygens (including phenoxy) is 1. The van der Waals surface area contributed by atoms with Crippen molar-refractivity contribution in [1.29, 1.82) is 0 Å². The van der Waals surface area contributed by atoms with E-state index in [0.29, 0.717) is 11.2 Å². The number of likely N-dealkylation sites (N-methyl/N-ethyl adjacent to an activating group) is 1. The zero-order chi connectivity index (χ0) is 14.8. The first-order chi connectivity index (χ1) is 10.2. The molecule has 2 aromatic heterocycles. The fourth-order valence-corrected chi connectivity index (χ4v) is 2.55. The molecule has 7 heteroatoms. The van der Waals surface area contributed by atoms with Gasteiger partial charge in [0, 0.05) is 32.4 Å². The van der Waals surface area contributed by atoms with Crippen molar-refractivity contribution in [3.8, 4) is 0 Å². The summed E-state index contributed by atoms with van der Waals surface area (Å²) in [6.45, 7) is 4.89. The number of esters is 1. The number of carbonyl (C=O) groups is 1. The summed E-state index contributed by atoms with van der Waals surface area (Å²) >= 11 is 0. The normalized spacial score (nSPS) is 17.2. The van der Waals surface area contributed by atoms with E-state index in [4.69, 9.17) is 4.74 Å². The number of hydrogen-bond donors (Lipinski definition) is 0. The summed E-state index contributed by atoms with van der Waals surface area (Å²) in [5.41, 5.74) is 0.991. The summed E-state index contributed by atoms with van der Waals surface area (Å²) in [5.74, 6) is 0.458. The molecule has 1 saturated heterocycles. The van der Waals surface area contributed by atoms with Crippen LogP contribution in [0.15, 0.2) is 18.3 Å².